The first-order valence-corrected chi connectivity index (χ1v) is 13.0. The number of hydrogen-bond acceptors (Lipinski definition) is 7. The highest BCUT2D eigenvalue weighted by atomic mass is 19.1. The molecule has 1 fully saturated rings. The van der Waals surface area contributed by atoms with Crippen LogP contribution in [0, 0.1) is 5.82 Å². The molecule has 0 saturated carbocycles. The third kappa shape index (κ3) is 4.24. The van der Waals surface area contributed by atoms with Gasteiger partial charge in [0.2, 0.25) is 11.8 Å². The van der Waals surface area contributed by atoms with Gasteiger partial charge in [0.1, 0.15) is 17.3 Å². The minimum atomic E-state index is -0.254. The molecule has 1 N–H and O–H groups in total. The van der Waals surface area contributed by atoms with E-state index in [-0.39, 0.29) is 11.7 Å². The van der Waals surface area contributed by atoms with Gasteiger partial charge in [0.15, 0.2) is 0 Å². The van der Waals surface area contributed by atoms with E-state index in [9.17, 15) is 4.39 Å². The molecule has 8 nitrogen and oxygen atoms in total. The molecule has 4 heterocycles. The van der Waals surface area contributed by atoms with E-state index in [2.05, 4.69) is 31.4 Å². The van der Waals surface area contributed by atoms with Crippen molar-refractivity contribution in [2.45, 2.75) is 25.3 Å². The Kier molecular flexibility index (Phi) is 5.85. The maximum absolute atomic E-state index is 14.5. The maximum Gasteiger partial charge on any atom is 0.247 e. The van der Waals surface area contributed by atoms with Crippen LogP contribution in [-0.4, -0.2) is 45.5 Å². The molecule has 3 aliphatic rings. The SMILES string of the molecule is COc1cccc(F)c1CN1CCC[C@@H](c2nnc(-c3ccc4[nH]nc(-c5ccc6coccc5-6)c4c3)o2)C1. The molecule has 1 aliphatic carbocycles. The number of ether oxygens (including phenoxy) is 1. The number of aromatic amines is 1. The average Bonchev–Trinajstić information content (AvgIpc) is 3.72. The lowest BCUT2D eigenvalue weighted by Crippen LogP contribution is -2.34. The molecule has 0 bridgehead atoms. The summed E-state index contributed by atoms with van der Waals surface area (Å²) in [6.07, 6.45) is 5.31. The molecule has 0 unspecified atom stereocenters. The fourth-order valence-corrected chi connectivity index (χ4v) is 5.60. The van der Waals surface area contributed by atoms with E-state index in [1.165, 1.54) is 6.07 Å². The van der Waals surface area contributed by atoms with Crippen LogP contribution in [0.5, 0.6) is 5.75 Å². The van der Waals surface area contributed by atoms with Crippen molar-refractivity contribution in [2.24, 2.45) is 0 Å². The zero-order valence-electron chi connectivity index (χ0n) is 21.4. The number of hydrogen-bond donors (Lipinski definition) is 1. The molecule has 2 aromatic heterocycles. The Bertz CT molecular complexity index is 1740. The molecule has 7 rings (SSSR count). The highest BCUT2D eigenvalue weighted by molar-refractivity contribution is 5.99. The first-order chi connectivity index (χ1) is 19.2. The Hall–Kier alpha value is -4.50. The van der Waals surface area contributed by atoms with Gasteiger partial charge < -0.3 is 13.6 Å². The Labute approximate surface area is 223 Å². The standard InChI is InChI=1S/C30H26FN5O3/c1-37-27-6-2-5-25(31)24(27)16-36-12-3-4-19(15-36)30-35-34-29(39-30)18-8-10-26-23(14-18)28(33-32-26)22-9-7-20-17-38-13-11-21(20)22/h2,5-11,13-14,17,19H,3-4,12,15-16H2,1H3,(H,32,33)/t19-/m1/s1. The number of halogens is 1. The first kappa shape index (κ1) is 23.6. The maximum atomic E-state index is 14.5. The predicted octanol–water partition coefficient (Wildman–Crippen LogP) is 6.51. The molecule has 0 spiro atoms. The zero-order chi connectivity index (χ0) is 26.3. The molecule has 1 atom stereocenters. The van der Waals surface area contributed by atoms with Crippen LogP contribution in [0.25, 0.3) is 44.7 Å². The number of H-pyrrole nitrogens is 1. The van der Waals surface area contributed by atoms with E-state index in [1.54, 1.807) is 31.8 Å². The van der Waals surface area contributed by atoms with Gasteiger partial charge in [0, 0.05) is 40.7 Å². The molecular formula is C30H26FN5O3. The lowest BCUT2D eigenvalue weighted by Gasteiger charge is -2.31. The van der Waals surface area contributed by atoms with Crippen molar-refractivity contribution in [3.05, 3.63) is 84.4 Å². The van der Waals surface area contributed by atoms with Crippen LogP contribution >= 0.6 is 0 Å². The van der Waals surface area contributed by atoms with Gasteiger partial charge in [-0.15, -0.1) is 10.2 Å². The number of rotatable bonds is 6. The van der Waals surface area contributed by atoms with Crippen LogP contribution in [0.1, 0.15) is 30.2 Å². The number of likely N-dealkylation sites (tertiary alicyclic amines) is 1. The van der Waals surface area contributed by atoms with Gasteiger partial charge in [-0.05, 0) is 61.3 Å². The van der Waals surface area contributed by atoms with Crippen LogP contribution in [0.3, 0.4) is 0 Å². The molecule has 4 aromatic rings. The van der Waals surface area contributed by atoms with E-state index < -0.39 is 0 Å². The molecule has 196 valence electrons. The average molecular weight is 524 g/mol. The summed E-state index contributed by atoms with van der Waals surface area (Å²) in [4.78, 5) is 2.22. The van der Waals surface area contributed by atoms with Gasteiger partial charge in [-0.1, -0.05) is 18.2 Å². The first-order valence-electron chi connectivity index (χ1n) is 13.0. The predicted molar refractivity (Wildman–Crippen MR) is 144 cm³/mol. The molecule has 1 saturated heterocycles. The number of aromatic nitrogens is 4. The van der Waals surface area contributed by atoms with E-state index in [1.807, 2.05) is 30.3 Å². The number of piperidine rings is 1. The third-order valence-electron chi connectivity index (χ3n) is 7.58. The van der Waals surface area contributed by atoms with Crippen LogP contribution in [0.2, 0.25) is 0 Å². The van der Waals surface area contributed by atoms with Gasteiger partial charge in [0.05, 0.1) is 31.1 Å². The van der Waals surface area contributed by atoms with Crippen LogP contribution < -0.4 is 4.74 Å². The van der Waals surface area contributed by atoms with Gasteiger partial charge in [-0.2, -0.15) is 5.10 Å². The normalized spacial score (nSPS) is 16.3. The lowest BCUT2D eigenvalue weighted by molar-refractivity contribution is 0.182. The highest BCUT2D eigenvalue weighted by Gasteiger charge is 2.27. The molecule has 9 heteroatoms. The second kappa shape index (κ2) is 9.67. The lowest BCUT2D eigenvalue weighted by atomic mass is 9.97. The summed E-state index contributed by atoms with van der Waals surface area (Å²) < 4.78 is 31.4. The summed E-state index contributed by atoms with van der Waals surface area (Å²) in [7, 11) is 1.57. The molecule has 0 amide bonds. The second-order valence-electron chi connectivity index (χ2n) is 9.95. The topological polar surface area (TPSA) is 93.2 Å². The van der Waals surface area contributed by atoms with E-state index in [0.29, 0.717) is 36.2 Å². The number of benzene rings is 2. The van der Waals surface area contributed by atoms with E-state index in [0.717, 1.165) is 58.2 Å². The summed E-state index contributed by atoms with van der Waals surface area (Å²) in [5, 5.41) is 17.5. The zero-order valence-corrected chi connectivity index (χ0v) is 21.4. The number of methoxy groups -OCH3 is 1. The Morgan fingerprint density at radius 3 is 2.92 bits per heavy atom. The quantitative estimate of drug-likeness (QED) is 0.266. The van der Waals surface area contributed by atoms with Crippen molar-refractivity contribution in [1.82, 2.24) is 25.3 Å². The van der Waals surface area contributed by atoms with Crippen LogP contribution in [0.4, 0.5) is 4.39 Å². The molecule has 39 heavy (non-hydrogen) atoms. The molecule has 2 aliphatic heterocycles. The van der Waals surface area contributed by atoms with Crippen molar-refractivity contribution in [1.29, 1.82) is 0 Å². The fourth-order valence-electron chi connectivity index (χ4n) is 5.60. The summed E-state index contributed by atoms with van der Waals surface area (Å²) in [5.41, 5.74) is 6.33. The molecule has 2 aromatic carbocycles. The number of fused-ring (bicyclic) bond motifs is 2. The van der Waals surface area contributed by atoms with E-state index >= 15 is 0 Å². The van der Waals surface area contributed by atoms with Crippen molar-refractivity contribution in [3.8, 4) is 39.6 Å². The number of nitrogens with one attached hydrogen (secondary N) is 1. The van der Waals surface area contributed by atoms with Gasteiger partial charge in [-0.3, -0.25) is 10.00 Å². The Balaban J connectivity index is 1.14. The summed E-state index contributed by atoms with van der Waals surface area (Å²) in [5.74, 6) is 1.46. The van der Waals surface area contributed by atoms with Crippen molar-refractivity contribution in [3.63, 3.8) is 0 Å². The monoisotopic (exact) mass is 523 g/mol. The minimum Gasteiger partial charge on any atom is -0.496 e. The summed E-state index contributed by atoms with van der Waals surface area (Å²) in [6.45, 7) is 2.05. The second-order valence-corrected chi connectivity index (χ2v) is 9.95. The molecular weight excluding hydrogens is 497 g/mol. The van der Waals surface area contributed by atoms with Gasteiger partial charge in [0.25, 0.3) is 0 Å². The third-order valence-corrected chi connectivity index (χ3v) is 7.58. The number of nitrogens with zero attached hydrogens (tertiary/aromatic N) is 4. The smallest absolute Gasteiger partial charge is 0.247 e. The van der Waals surface area contributed by atoms with Gasteiger partial charge >= 0.3 is 0 Å². The van der Waals surface area contributed by atoms with Crippen molar-refractivity contribution in [2.75, 3.05) is 20.2 Å². The largest absolute Gasteiger partial charge is 0.496 e. The van der Waals surface area contributed by atoms with Crippen molar-refractivity contribution >= 4 is 10.9 Å². The summed E-state index contributed by atoms with van der Waals surface area (Å²) >= 11 is 0. The van der Waals surface area contributed by atoms with Gasteiger partial charge in [-0.25, -0.2) is 4.39 Å². The Morgan fingerprint density at radius 1 is 1.08 bits per heavy atom. The van der Waals surface area contributed by atoms with E-state index in [4.69, 9.17) is 13.6 Å². The highest BCUT2D eigenvalue weighted by Crippen LogP contribution is 2.39. The molecule has 0 radical (unpaired) electrons. The fraction of sp³-hybridized carbons (Fsp3) is 0.233. The summed E-state index contributed by atoms with van der Waals surface area (Å²) in [6, 6.07) is 16.9. The van der Waals surface area contributed by atoms with Crippen molar-refractivity contribution < 1.29 is 18.0 Å². The van der Waals surface area contributed by atoms with Crippen LogP contribution in [0.15, 0.2) is 76.0 Å². The van der Waals surface area contributed by atoms with Crippen LogP contribution in [-0.2, 0) is 6.54 Å². The minimum absolute atomic E-state index is 0.0760. The Morgan fingerprint density at radius 2 is 2.00 bits per heavy atom.